The second-order valence-corrected chi connectivity index (χ2v) is 3.72. The molecule has 6 heteroatoms. The highest BCUT2D eigenvalue weighted by Gasteiger charge is 2.16. The molecule has 1 heterocycles. The Hall–Kier alpha value is -1.69. The Morgan fingerprint density at radius 3 is 2.94 bits per heavy atom. The Morgan fingerprint density at radius 2 is 2.29 bits per heavy atom. The van der Waals surface area contributed by atoms with E-state index in [2.05, 4.69) is 31.3 Å². The minimum absolute atomic E-state index is 0.334. The highest BCUT2D eigenvalue weighted by Crippen LogP contribution is 2.17. The molecule has 0 atom stereocenters. The Bertz CT molecular complexity index is 511. The van der Waals surface area contributed by atoms with Gasteiger partial charge in [0.1, 0.15) is 7.11 Å². The van der Waals surface area contributed by atoms with Gasteiger partial charge in [0.05, 0.1) is 0 Å². The van der Waals surface area contributed by atoms with E-state index in [0.717, 1.165) is 11.1 Å². The second kappa shape index (κ2) is 5.58. The minimum Gasteiger partial charge on any atom is -0.422 e. The smallest absolute Gasteiger partial charge is 0.270 e. The molecular formula is C11H10BrN3O2. The number of rotatable bonds is 4. The molecule has 0 N–H and O–H groups in total. The predicted octanol–water partition coefficient (Wildman–Crippen LogP) is 2.36. The van der Waals surface area contributed by atoms with Crippen molar-refractivity contribution in [2.45, 2.75) is 5.33 Å². The number of hydrogen-bond acceptors (Lipinski definition) is 5. The molecule has 0 aliphatic rings. The fourth-order valence-corrected chi connectivity index (χ4v) is 1.93. The molecule has 17 heavy (non-hydrogen) atoms. The van der Waals surface area contributed by atoms with Gasteiger partial charge in [-0.1, -0.05) is 45.4 Å². The van der Waals surface area contributed by atoms with Crippen LogP contribution in [0, 0.1) is 0 Å². The van der Waals surface area contributed by atoms with E-state index in [1.165, 1.54) is 13.5 Å². The second-order valence-electron chi connectivity index (χ2n) is 3.16. The summed E-state index contributed by atoms with van der Waals surface area (Å²) in [6.45, 7) is 0. The quantitative estimate of drug-likeness (QED) is 0.493. The lowest BCUT2D eigenvalue weighted by Gasteiger charge is -2.06. The summed E-state index contributed by atoms with van der Waals surface area (Å²) in [5.41, 5.74) is 2.50. The molecule has 2 rings (SSSR count). The van der Waals surface area contributed by atoms with Gasteiger partial charge in [-0.2, -0.15) is 0 Å². The van der Waals surface area contributed by atoms with Crippen LogP contribution in [0.2, 0.25) is 0 Å². The van der Waals surface area contributed by atoms with Gasteiger partial charge in [-0.25, -0.2) is 0 Å². The summed E-state index contributed by atoms with van der Waals surface area (Å²) in [4.78, 5) is 4.83. The van der Waals surface area contributed by atoms with E-state index in [0.29, 0.717) is 16.9 Å². The van der Waals surface area contributed by atoms with E-state index >= 15 is 0 Å². The molecule has 2 aromatic rings. The zero-order valence-corrected chi connectivity index (χ0v) is 10.7. The van der Waals surface area contributed by atoms with Gasteiger partial charge in [-0.3, -0.25) is 0 Å². The van der Waals surface area contributed by atoms with E-state index in [9.17, 15) is 0 Å². The number of benzene rings is 1. The van der Waals surface area contributed by atoms with Crippen molar-refractivity contribution in [3.8, 4) is 0 Å². The molecule has 0 aliphatic heterocycles. The maximum Gasteiger partial charge on any atom is 0.270 e. The average Bonchev–Trinajstić information content (AvgIpc) is 2.89. The van der Waals surface area contributed by atoms with Crippen molar-refractivity contribution < 1.29 is 9.25 Å². The SMILES string of the molecule is CON=C(c1nnco1)c1ccccc1CBr. The zero-order chi connectivity index (χ0) is 12.1. The van der Waals surface area contributed by atoms with Crippen molar-refractivity contribution in [2.24, 2.45) is 5.16 Å². The summed E-state index contributed by atoms with van der Waals surface area (Å²) in [5.74, 6) is 0.334. The molecule has 5 nitrogen and oxygen atoms in total. The first kappa shape index (κ1) is 11.8. The van der Waals surface area contributed by atoms with Gasteiger partial charge in [0.25, 0.3) is 5.89 Å². The molecule has 0 unspecified atom stereocenters. The van der Waals surface area contributed by atoms with Crippen LogP contribution in [0.1, 0.15) is 17.0 Å². The van der Waals surface area contributed by atoms with Gasteiger partial charge in [0.15, 0.2) is 5.71 Å². The van der Waals surface area contributed by atoms with Crippen LogP contribution in [-0.2, 0) is 10.2 Å². The molecular weight excluding hydrogens is 286 g/mol. The third kappa shape index (κ3) is 2.52. The predicted molar refractivity (Wildman–Crippen MR) is 66.0 cm³/mol. The number of oxime groups is 1. The van der Waals surface area contributed by atoms with Gasteiger partial charge in [0, 0.05) is 10.9 Å². The van der Waals surface area contributed by atoms with Crippen molar-refractivity contribution in [2.75, 3.05) is 7.11 Å². The normalized spacial score (nSPS) is 11.5. The Morgan fingerprint density at radius 1 is 1.47 bits per heavy atom. The lowest BCUT2D eigenvalue weighted by atomic mass is 10.0. The summed E-state index contributed by atoms with van der Waals surface area (Å²) in [5, 5.41) is 12.1. The first-order valence-electron chi connectivity index (χ1n) is 4.88. The Labute approximate surface area is 107 Å². The molecule has 88 valence electrons. The maximum atomic E-state index is 5.15. The van der Waals surface area contributed by atoms with E-state index in [4.69, 9.17) is 9.25 Å². The van der Waals surface area contributed by atoms with Crippen LogP contribution in [0.4, 0.5) is 0 Å². The van der Waals surface area contributed by atoms with Crippen molar-refractivity contribution in [1.29, 1.82) is 0 Å². The molecule has 0 radical (unpaired) electrons. The third-order valence-electron chi connectivity index (χ3n) is 2.16. The maximum absolute atomic E-state index is 5.15. The molecule has 0 saturated heterocycles. The number of alkyl halides is 1. The van der Waals surface area contributed by atoms with Crippen molar-refractivity contribution in [3.05, 3.63) is 47.7 Å². The highest BCUT2D eigenvalue weighted by atomic mass is 79.9. The van der Waals surface area contributed by atoms with Crippen LogP contribution >= 0.6 is 15.9 Å². The van der Waals surface area contributed by atoms with E-state index in [1.54, 1.807) is 0 Å². The summed E-state index contributed by atoms with van der Waals surface area (Å²) < 4.78 is 5.15. The number of hydrogen-bond donors (Lipinski definition) is 0. The number of nitrogens with zero attached hydrogens (tertiary/aromatic N) is 3. The van der Waals surface area contributed by atoms with E-state index in [1.807, 2.05) is 24.3 Å². The summed E-state index contributed by atoms with van der Waals surface area (Å²) in [6, 6.07) is 7.80. The minimum atomic E-state index is 0.334. The molecule has 0 fully saturated rings. The van der Waals surface area contributed by atoms with Crippen LogP contribution in [0.5, 0.6) is 0 Å². The first-order valence-corrected chi connectivity index (χ1v) is 6.01. The van der Waals surface area contributed by atoms with Crippen molar-refractivity contribution >= 4 is 21.6 Å². The lowest BCUT2D eigenvalue weighted by Crippen LogP contribution is -2.07. The molecule has 1 aromatic carbocycles. The fourth-order valence-electron chi connectivity index (χ4n) is 1.44. The highest BCUT2D eigenvalue weighted by molar-refractivity contribution is 9.08. The van der Waals surface area contributed by atoms with E-state index < -0.39 is 0 Å². The summed E-state index contributed by atoms with van der Waals surface area (Å²) in [7, 11) is 1.48. The first-order chi connectivity index (χ1) is 8.36. The van der Waals surface area contributed by atoms with Gasteiger partial charge >= 0.3 is 0 Å². The Kier molecular flexibility index (Phi) is 3.87. The van der Waals surface area contributed by atoms with Gasteiger partial charge in [-0.15, -0.1) is 10.2 Å². The molecule has 0 aliphatic carbocycles. The van der Waals surface area contributed by atoms with Crippen LogP contribution in [0.25, 0.3) is 0 Å². The van der Waals surface area contributed by atoms with Crippen LogP contribution in [0.3, 0.4) is 0 Å². The fraction of sp³-hybridized carbons (Fsp3) is 0.182. The van der Waals surface area contributed by atoms with Crippen molar-refractivity contribution in [3.63, 3.8) is 0 Å². The zero-order valence-electron chi connectivity index (χ0n) is 9.13. The van der Waals surface area contributed by atoms with Crippen LogP contribution in [0.15, 0.2) is 40.2 Å². The Balaban J connectivity index is 2.51. The van der Waals surface area contributed by atoms with Gasteiger partial charge in [-0.05, 0) is 5.56 Å². The van der Waals surface area contributed by atoms with E-state index in [-0.39, 0.29) is 0 Å². The van der Waals surface area contributed by atoms with Crippen LogP contribution < -0.4 is 0 Å². The molecule has 1 aromatic heterocycles. The topological polar surface area (TPSA) is 60.5 Å². The summed E-state index contributed by atoms with van der Waals surface area (Å²) in [6.07, 6.45) is 1.26. The van der Waals surface area contributed by atoms with Gasteiger partial charge in [0.2, 0.25) is 6.39 Å². The van der Waals surface area contributed by atoms with Crippen LogP contribution in [-0.4, -0.2) is 23.0 Å². The number of halogens is 1. The molecule has 0 spiro atoms. The summed E-state index contributed by atoms with van der Waals surface area (Å²) >= 11 is 3.43. The standard InChI is InChI=1S/C11H10BrN3O2/c1-16-15-10(11-14-13-7-17-11)9-5-3-2-4-8(9)6-12/h2-5,7H,6H2,1H3. The van der Waals surface area contributed by atoms with Crippen molar-refractivity contribution in [1.82, 2.24) is 10.2 Å². The van der Waals surface area contributed by atoms with Gasteiger partial charge < -0.3 is 9.25 Å². The largest absolute Gasteiger partial charge is 0.422 e. The average molecular weight is 296 g/mol. The number of aromatic nitrogens is 2. The molecule has 0 saturated carbocycles. The third-order valence-corrected chi connectivity index (χ3v) is 2.77. The lowest BCUT2D eigenvalue weighted by molar-refractivity contribution is 0.213. The monoisotopic (exact) mass is 295 g/mol. The molecule has 0 amide bonds. The molecule has 0 bridgehead atoms.